The SMILES string of the molecule is Cc1cc2c(cc1Oc1ccccc1)c1cc(N(c3ccccc3)c3ccc(-c4ccccc4)cc3)ccc1c1cc3c4cc(C)c(Oc5ccccc5)cc4c4cc5c(cc4c3cc21)c1ccccc1n5-c1ccccc1. The van der Waals surface area contributed by atoms with Crippen LogP contribution in [-0.2, 0) is 0 Å². The lowest BCUT2D eigenvalue weighted by atomic mass is 9.87. The standard InChI is InChI=1S/C74H50N2O2/c1-47-38-59-63-42-65-64(60-39-48(2)74(78-56-28-16-7-17-29-56)46-69(60)67-44-72-70(43-66(65)67)58-30-18-19-31-71(58)76(72)52-24-12-5-13-25-52)41-62(63)57-37-36-54(40-61(57)68(59)45-73(47)77-55-26-14-6-15-27-55)75(51-22-10-4-11-23-51)53-34-32-50(33-35-53)49-20-8-3-9-21-49/h3-46H,1-2H3. The number of rotatable bonds is 9. The fraction of sp³-hybridized carbons (Fsp3) is 0.0270. The van der Waals surface area contributed by atoms with E-state index in [1.807, 2.05) is 60.7 Å². The predicted molar refractivity (Wildman–Crippen MR) is 328 cm³/mol. The van der Waals surface area contributed by atoms with Gasteiger partial charge in [-0.1, -0.05) is 140 Å². The Hall–Kier alpha value is -10.2. The average Bonchev–Trinajstić information content (AvgIpc) is 3.76. The van der Waals surface area contributed by atoms with Crippen LogP contribution < -0.4 is 14.4 Å². The van der Waals surface area contributed by atoms with Crippen LogP contribution >= 0.6 is 0 Å². The molecule has 0 fully saturated rings. The van der Waals surface area contributed by atoms with Crippen molar-refractivity contribution >= 4 is 104 Å². The molecular formula is C74H50N2O2. The van der Waals surface area contributed by atoms with Crippen LogP contribution in [-0.4, -0.2) is 4.57 Å². The third kappa shape index (κ3) is 7.52. The zero-order valence-corrected chi connectivity index (χ0v) is 43.1. The number of para-hydroxylation sites is 5. The van der Waals surface area contributed by atoms with Crippen LogP contribution in [0.2, 0.25) is 0 Å². The Morgan fingerprint density at radius 3 is 1.27 bits per heavy atom. The molecule has 0 N–H and O–H groups in total. The number of ether oxygens (including phenoxy) is 2. The minimum atomic E-state index is 0.803. The molecule has 15 aromatic rings. The molecule has 4 nitrogen and oxygen atoms in total. The minimum Gasteiger partial charge on any atom is -0.457 e. The molecule has 0 aliphatic rings. The summed E-state index contributed by atoms with van der Waals surface area (Å²) in [5.41, 5.74) is 11.2. The molecule has 0 unspecified atom stereocenters. The highest BCUT2D eigenvalue weighted by Crippen LogP contribution is 2.48. The molecule has 0 bridgehead atoms. The maximum Gasteiger partial charge on any atom is 0.130 e. The Morgan fingerprint density at radius 1 is 0.269 bits per heavy atom. The Kier molecular flexibility index (Phi) is 10.6. The summed E-state index contributed by atoms with van der Waals surface area (Å²) in [4.78, 5) is 2.37. The number of hydrogen-bond acceptors (Lipinski definition) is 3. The molecule has 0 radical (unpaired) electrons. The van der Waals surface area contributed by atoms with E-state index in [2.05, 4.69) is 230 Å². The molecule has 0 saturated heterocycles. The minimum absolute atomic E-state index is 0.803. The first kappa shape index (κ1) is 45.3. The molecule has 0 saturated carbocycles. The van der Waals surface area contributed by atoms with Crippen molar-refractivity contribution in [3.05, 3.63) is 278 Å². The van der Waals surface area contributed by atoms with Crippen LogP contribution in [0.15, 0.2) is 267 Å². The summed E-state index contributed by atoms with van der Waals surface area (Å²) < 4.78 is 15.9. The molecule has 0 aliphatic carbocycles. The molecular weight excluding hydrogens is 949 g/mol. The van der Waals surface area contributed by atoms with Crippen molar-refractivity contribution in [2.24, 2.45) is 0 Å². The van der Waals surface area contributed by atoms with Gasteiger partial charge >= 0.3 is 0 Å². The van der Waals surface area contributed by atoms with Crippen molar-refractivity contribution in [3.8, 4) is 39.8 Å². The van der Waals surface area contributed by atoms with Gasteiger partial charge in [-0.25, -0.2) is 0 Å². The molecule has 14 aromatic carbocycles. The Labute approximate surface area is 451 Å². The lowest BCUT2D eigenvalue weighted by Crippen LogP contribution is -2.09. The summed E-state index contributed by atoms with van der Waals surface area (Å²) in [5, 5.41) is 16.5. The van der Waals surface area contributed by atoms with Gasteiger partial charge in [-0.2, -0.15) is 0 Å². The molecule has 0 spiro atoms. The maximum absolute atomic E-state index is 6.76. The van der Waals surface area contributed by atoms with E-state index < -0.39 is 0 Å². The second-order valence-electron chi connectivity index (χ2n) is 20.5. The van der Waals surface area contributed by atoms with Crippen LogP contribution in [0.1, 0.15) is 11.1 Å². The lowest BCUT2D eigenvalue weighted by molar-refractivity contribution is 0.479. The number of benzene rings is 14. The summed E-state index contributed by atoms with van der Waals surface area (Å²) in [6.07, 6.45) is 0. The number of aromatic nitrogens is 1. The molecule has 368 valence electrons. The highest BCUT2D eigenvalue weighted by atomic mass is 16.5. The lowest BCUT2D eigenvalue weighted by Gasteiger charge is -2.26. The number of anilines is 3. The second kappa shape index (κ2) is 18.3. The maximum atomic E-state index is 6.76. The quantitative estimate of drug-likeness (QED) is 0.106. The smallest absolute Gasteiger partial charge is 0.130 e. The topological polar surface area (TPSA) is 26.6 Å². The molecule has 15 rings (SSSR count). The zero-order chi connectivity index (χ0) is 51.8. The normalized spacial score (nSPS) is 11.7. The van der Waals surface area contributed by atoms with Crippen LogP contribution in [0.25, 0.3) is 103 Å². The number of aryl methyl sites for hydroxylation is 2. The van der Waals surface area contributed by atoms with Gasteiger partial charge in [0, 0.05) is 33.5 Å². The summed E-state index contributed by atoms with van der Waals surface area (Å²) >= 11 is 0. The van der Waals surface area contributed by atoms with Gasteiger partial charge < -0.3 is 18.9 Å². The van der Waals surface area contributed by atoms with Gasteiger partial charge in [0.2, 0.25) is 0 Å². The summed E-state index contributed by atoms with van der Waals surface area (Å²) in [7, 11) is 0. The molecule has 4 heteroatoms. The van der Waals surface area contributed by atoms with Crippen LogP contribution in [0.5, 0.6) is 23.0 Å². The van der Waals surface area contributed by atoms with Crippen molar-refractivity contribution in [2.75, 3.05) is 4.90 Å². The highest BCUT2D eigenvalue weighted by Gasteiger charge is 2.22. The first-order chi connectivity index (χ1) is 38.5. The Bertz CT molecular complexity index is 4830. The van der Waals surface area contributed by atoms with Gasteiger partial charge in [0.25, 0.3) is 0 Å². The van der Waals surface area contributed by atoms with E-state index in [1.165, 1.54) is 75.9 Å². The van der Waals surface area contributed by atoms with Crippen molar-refractivity contribution < 1.29 is 9.47 Å². The van der Waals surface area contributed by atoms with Crippen molar-refractivity contribution in [1.29, 1.82) is 0 Å². The molecule has 0 amide bonds. The van der Waals surface area contributed by atoms with Gasteiger partial charge in [-0.15, -0.1) is 0 Å². The summed E-state index contributed by atoms with van der Waals surface area (Å²) in [6, 6.07) is 96.1. The Balaban J connectivity index is 1.04. The largest absolute Gasteiger partial charge is 0.457 e. The Morgan fingerprint density at radius 2 is 0.679 bits per heavy atom. The second-order valence-corrected chi connectivity index (χ2v) is 20.5. The van der Waals surface area contributed by atoms with E-state index >= 15 is 0 Å². The van der Waals surface area contributed by atoms with E-state index in [4.69, 9.17) is 9.47 Å². The van der Waals surface area contributed by atoms with Crippen LogP contribution in [0, 0.1) is 13.8 Å². The first-order valence-corrected chi connectivity index (χ1v) is 26.7. The molecule has 0 aliphatic heterocycles. The molecule has 1 heterocycles. The number of fused-ring (bicyclic) bond motifs is 15. The molecule has 0 atom stereocenters. The third-order valence-corrected chi connectivity index (χ3v) is 15.8. The summed E-state index contributed by atoms with van der Waals surface area (Å²) in [6.45, 7) is 4.34. The van der Waals surface area contributed by atoms with E-state index in [1.54, 1.807) is 0 Å². The van der Waals surface area contributed by atoms with Gasteiger partial charge in [-0.3, -0.25) is 0 Å². The van der Waals surface area contributed by atoms with Gasteiger partial charge in [-0.05, 0) is 228 Å². The van der Waals surface area contributed by atoms with E-state index in [9.17, 15) is 0 Å². The zero-order valence-electron chi connectivity index (χ0n) is 43.1. The van der Waals surface area contributed by atoms with E-state index in [0.29, 0.717) is 0 Å². The number of nitrogens with zero attached hydrogens (tertiary/aromatic N) is 2. The molecule has 1 aromatic heterocycles. The van der Waals surface area contributed by atoms with Crippen molar-refractivity contribution in [1.82, 2.24) is 4.57 Å². The van der Waals surface area contributed by atoms with Crippen molar-refractivity contribution in [2.45, 2.75) is 13.8 Å². The van der Waals surface area contributed by atoms with Crippen molar-refractivity contribution in [3.63, 3.8) is 0 Å². The van der Waals surface area contributed by atoms with E-state index in [-0.39, 0.29) is 0 Å². The van der Waals surface area contributed by atoms with Gasteiger partial charge in [0.05, 0.1) is 11.0 Å². The van der Waals surface area contributed by atoms with Crippen LogP contribution in [0.3, 0.4) is 0 Å². The van der Waals surface area contributed by atoms with E-state index in [0.717, 1.165) is 78.5 Å². The number of hydrogen-bond donors (Lipinski definition) is 0. The monoisotopic (exact) mass is 998 g/mol. The fourth-order valence-corrected chi connectivity index (χ4v) is 12.1. The summed E-state index contributed by atoms with van der Waals surface area (Å²) in [5.74, 6) is 3.28. The average molecular weight is 999 g/mol. The van der Waals surface area contributed by atoms with Crippen LogP contribution in [0.4, 0.5) is 17.1 Å². The fourth-order valence-electron chi connectivity index (χ4n) is 12.1. The first-order valence-electron chi connectivity index (χ1n) is 26.7. The van der Waals surface area contributed by atoms with Gasteiger partial charge in [0.1, 0.15) is 23.0 Å². The highest BCUT2D eigenvalue weighted by molar-refractivity contribution is 6.35. The molecule has 78 heavy (non-hydrogen) atoms. The predicted octanol–water partition coefficient (Wildman–Crippen LogP) is 21.0. The third-order valence-electron chi connectivity index (χ3n) is 15.8. The van der Waals surface area contributed by atoms with Gasteiger partial charge in [0.15, 0.2) is 0 Å².